The SMILES string of the molecule is CC(=O)Nc1cc(NC(=O)/C=C/c2ccc(C)s2)c(F)cc1F. The minimum absolute atomic E-state index is 0.202. The third kappa shape index (κ3) is 4.72. The van der Waals surface area contributed by atoms with E-state index in [-0.39, 0.29) is 11.4 Å². The number of nitrogens with one attached hydrogen (secondary N) is 2. The second-order valence-corrected chi connectivity index (χ2v) is 6.08. The summed E-state index contributed by atoms with van der Waals surface area (Å²) in [6.07, 6.45) is 2.86. The van der Waals surface area contributed by atoms with Gasteiger partial charge in [-0.25, -0.2) is 8.78 Å². The van der Waals surface area contributed by atoms with Crippen molar-refractivity contribution in [3.05, 3.63) is 51.7 Å². The molecule has 2 amide bonds. The molecule has 2 N–H and O–H groups in total. The van der Waals surface area contributed by atoms with E-state index in [0.29, 0.717) is 6.07 Å². The lowest BCUT2D eigenvalue weighted by Crippen LogP contribution is -2.12. The Bertz CT molecular complexity index is 784. The largest absolute Gasteiger partial charge is 0.324 e. The smallest absolute Gasteiger partial charge is 0.248 e. The lowest BCUT2D eigenvalue weighted by atomic mass is 10.2. The van der Waals surface area contributed by atoms with Crippen LogP contribution in [0.1, 0.15) is 16.7 Å². The van der Waals surface area contributed by atoms with Crippen LogP contribution < -0.4 is 10.6 Å². The second-order valence-electron chi connectivity index (χ2n) is 4.76. The number of rotatable bonds is 4. The first-order valence-corrected chi connectivity index (χ1v) is 7.49. The molecule has 7 heteroatoms. The first-order valence-electron chi connectivity index (χ1n) is 6.67. The van der Waals surface area contributed by atoms with Crippen molar-refractivity contribution in [2.24, 2.45) is 0 Å². The Labute approximate surface area is 135 Å². The van der Waals surface area contributed by atoms with E-state index in [4.69, 9.17) is 0 Å². The van der Waals surface area contributed by atoms with Crippen LogP contribution >= 0.6 is 11.3 Å². The quantitative estimate of drug-likeness (QED) is 0.831. The molecule has 0 saturated carbocycles. The molecule has 1 heterocycles. The Kier molecular flexibility index (Phi) is 5.23. The molecule has 0 spiro atoms. The van der Waals surface area contributed by atoms with Crippen molar-refractivity contribution in [1.82, 2.24) is 0 Å². The Hall–Kier alpha value is -2.54. The number of amides is 2. The number of thiophene rings is 1. The summed E-state index contributed by atoms with van der Waals surface area (Å²) in [6, 6.07) is 5.42. The molecular formula is C16H14F2N2O2S. The van der Waals surface area contributed by atoms with E-state index in [0.717, 1.165) is 15.8 Å². The third-order valence-corrected chi connectivity index (χ3v) is 3.75. The average Bonchev–Trinajstić information content (AvgIpc) is 2.87. The van der Waals surface area contributed by atoms with Gasteiger partial charge in [0, 0.05) is 28.8 Å². The Morgan fingerprint density at radius 2 is 1.74 bits per heavy atom. The summed E-state index contributed by atoms with van der Waals surface area (Å²) < 4.78 is 27.2. The monoisotopic (exact) mass is 336 g/mol. The van der Waals surface area contributed by atoms with E-state index >= 15 is 0 Å². The van der Waals surface area contributed by atoms with Gasteiger partial charge < -0.3 is 10.6 Å². The Morgan fingerprint density at radius 1 is 1.09 bits per heavy atom. The van der Waals surface area contributed by atoms with Crippen molar-refractivity contribution >= 4 is 40.6 Å². The topological polar surface area (TPSA) is 58.2 Å². The van der Waals surface area contributed by atoms with Gasteiger partial charge in [-0.15, -0.1) is 11.3 Å². The van der Waals surface area contributed by atoms with Crippen LogP contribution in [-0.2, 0) is 9.59 Å². The van der Waals surface area contributed by atoms with E-state index < -0.39 is 23.4 Å². The number of aryl methyl sites for hydroxylation is 1. The molecule has 0 radical (unpaired) electrons. The van der Waals surface area contributed by atoms with Gasteiger partial charge in [0.15, 0.2) is 0 Å². The molecule has 1 aromatic carbocycles. The zero-order valence-electron chi connectivity index (χ0n) is 12.4. The summed E-state index contributed by atoms with van der Waals surface area (Å²) in [5.74, 6) is -2.90. The highest BCUT2D eigenvalue weighted by molar-refractivity contribution is 7.12. The molecule has 0 fully saturated rings. The van der Waals surface area contributed by atoms with Crippen LogP contribution in [0.4, 0.5) is 20.2 Å². The summed E-state index contributed by atoms with van der Waals surface area (Å²) in [5.41, 5.74) is -0.417. The predicted molar refractivity (Wildman–Crippen MR) is 87.4 cm³/mol. The fourth-order valence-electron chi connectivity index (χ4n) is 1.81. The van der Waals surface area contributed by atoms with Gasteiger partial charge in [-0.3, -0.25) is 9.59 Å². The van der Waals surface area contributed by atoms with Crippen molar-refractivity contribution in [2.45, 2.75) is 13.8 Å². The molecule has 0 aliphatic rings. The number of carbonyl (C=O) groups excluding carboxylic acids is 2. The van der Waals surface area contributed by atoms with Crippen molar-refractivity contribution in [2.75, 3.05) is 10.6 Å². The predicted octanol–water partition coefficient (Wildman–Crippen LogP) is 3.95. The van der Waals surface area contributed by atoms with Gasteiger partial charge in [-0.1, -0.05) is 0 Å². The van der Waals surface area contributed by atoms with Crippen molar-refractivity contribution in [3.8, 4) is 0 Å². The number of halogens is 2. The highest BCUT2D eigenvalue weighted by Crippen LogP contribution is 2.23. The molecule has 0 bridgehead atoms. The van der Waals surface area contributed by atoms with Gasteiger partial charge in [0.2, 0.25) is 11.8 Å². The number of hydrogen-bond donors (Lipinski definition) is 2. The molecule has 2 rings (SSSR count). The summed E-state index contributed by atoms with van der Waals surface area (Å²) in [4.78, 5) is 24.8. The molecule has 0 unspecified atom stereocenters. The lowest BCUT2D eigenvalue weighted by Gasteiger charge is -2.09. The third-order valence-electron chi connectivity index (χ3n) is 2.79. The lowest BCUT2D eigenvalue weighted by molar-refractivity contribution is -0.114. The first-order chi connectivity index (χ1) is 10.8. The first kappa shape index (κ1) is 16.8. The number of hydrogen-bond acceptors (Lipinski definition) is 3. The summed E-state index contributed by atoms with van der Waals surface area (Å²) in [7, 11) is 0. The van der Waals surface area contributed by atoms with Crippen LogP contribution in [0.15, 0.2) is 30.3 Å². The number of anilines is 2. The molecule has 0 aliphatic carbocycles. The maximum absolute atomic E-state index is 13.7. The van der Waals surface area contributed by atoms with Crippen molar-refractivity contribution in [3.63, 3.8) is 0 Å². The molecule has 0 saturated heterocycles. The Morgan fingerprint density at radius 3 is 2.30 bits per heavy atom. The van der Waals surface area contributed by atoms with Gasteiger partial charge in [0.25, 0.3) is 0 Å². The minimum Gasteiger partial charge on any atom is -0.324 e. The number of carbonyl (C=O) groups is 2. The average molecular weight is 336 g/mol. The standard InChI is InChI=1S/C16H14F2N2O2S/c1-9-3-4-11(23-9)5-6-16(22)20-15-8-14(19-10(2)21)12(17)7-13(15)18/h3-8H,1-2H3,(H,19,21)(H,20,22)/b6-5+. The Balaban J connectivity index is 2.13. The van der Waals surface area contributed by atoms with Crippen LogP contribution in [0, 0.1) is 18.6 Å². The van der Waals surface area contributed by atoms with Gasteiger partial charge in [0.1, 0.15) is 11.6 Å². The van der Waals surface area contributed by atoms with Gasteiger partial charge in [-0.05, 0) is 31.2 Å². The molecule has 2 aromatic rings. The van der Waals surface area contributed by atoms with Crippen LogP contribution in [0.25, 0.3) is 6.08 Å². The highest BCUT2D eigenvalue weighted by Gasteiger charge is 2.12. The maximum Gasteiger partial charge on any atom is 0.248 e. The molecule has 120 valence electrons. The van der Waals surface area contributed by atoms with E-state index in [2.05, 4.69) is 10.6 Å². The highest BCUT2D eigenvalue weighted by atomic mass is 32.1. The fourth-order valence-corrected chi connectivity index (χ4v) is 2.59. The normalized spacial score (nSPS) is 10.8. The number of benzene rings is 1. The van der Waals surface area contributed by atoms with Crippen LogP contribution in [0.3, 0.4) is 0 Å². The minimum atomic E-state index is -0.926. The molecule has 1 aromatic heterocycles. The zero-order chi connectivity index (χ0) is 17.0. The van der Waals surface area contributed by atoms with Crippen molar-refractivity contribution in [1.29, 1.82) is 0 Å². The van der Waals surface area contributed by atoms with Crippen LogP contribution in [-0.4, -0.2) is 11.8 Å². The maximum atomic E-state index is 13.7. The summed E-state index contributed by atoms with van der Waals surface area (Å²) in [6.45, 7) is 3.15. The molecule has 23 heavy (non-hydrogen) atoms. The van der Waals surface area contributed by atoms with Gasteiger partial charge in [0.05, 0.1) is 11.4 Å². The molecular weight excluding hydrogens is 322 g/mol. The van der Waals surface area contributed by atoms with E-state index in [1.807, 2.05) is 19.1 Å². The van der Waals surface area contributed by atoms with Crippen molar-refractivity contribution < 1.29 is 18.4 Å². The molecule has 0 atom stereocenters. The second kappa shape index (κ2) is 7.15. The van der Waals surface area contributed by atoms with Crippen LogP contribution in [0.2, 0.25) is 0 Å². The molecule has 4 nitrogen and oxygen atoms in total. The molecule has 0 aliphatic heterocycles. The fraction of sp³-hybridized carbons (Fsp3) is 0.125. The van der Waals surface area contributed by atoms with E-state index in [1.165, 1.54) is 24.3 Å². The van der Waals surface area contributed by atoms with Gasteiger partial charge >= 0.3 is 0 Å². The zero-order valence-corrected chi connectivity index (χ0v) is 13.3. The summed E-state index contributed by atoms with van der Waals surface area (Å²) >= 11 is 1.51. The summed E-state index contributed by atoms with van der Waals surface area (Å²) in [5, 5.41) is 4.54. The van der Waals surface area contributed by atoms with Gasteiger partial charge in [-0.2, -0.15) is 0 Å². The van der Waals surface area contributed by atoms with Crippen LogP contribution in [0.5, 0.6) is 0 Å². The van der Waals surface area contributed by atoms with E-state index in [9.17, 15) is 18.4 Å². The van der Waals surface area contributed by atoms with E-state index in [1.54, 1.807) is 6.08 Å².